The number of ether oxygens (including phenoxy) is 1. The van der Waals surface area contributed by atoms with Gasteiger partial charge in [-0.1, -0.05) is 12.1 Å². The third-order valence-electron chi connectivity index (χ3n) is 1.74. The van der Waals surface area contributed by atoms with Crippen LogP contribution in [-0.4, -0.2) is 13.0 Å². The van der Waals surface area contributed by atoms with Gasteiger partial charge in [0.1, 0.15) is 5.75 Å². The van der Waals surface area contributed by atoms with Crippen LogP contribution in [0, 0.1) is 0 Å². The van der Waals surface area contributed by atoms with Gasteiger partial charge in [0.2, 0.25) is 5.91 Å². The minimum absolute atomic E-state index is 0.630. The van der Waals surface area contributed by atoms with E-state index in [0.29, 0.717) is 5.75 Å². The summed E-state index contributed by atoms with van der Waals surface area (Å²) < 4.78 is 5.85. The number of nitrogens with zero attached hydrogens (tertiary/aromatic N) is 3. The molecule has 0 saturated carbocycles. The number of carbonyl (C=O) groups is 1. The van der Waals surface area contributed by atoms with Crippen LogP contribution in [0.2, 0.25) is 0 Å². The van der Waals surface area contributed by atoms with Gasteiger partial charge in [-0.2, -0.15) is 0 Å². The summed E-state index contributed by atoms with van der Waals surface area (Å²) in [6, 6.07) is 5.34. The molecule has 16 heavy (non-hydrogen) atoms. The molecule has 0 saturated heterocycles. The Kier molecular flexibility index (Phi) is 4.57. The quantitative estimate of drug-likeness (QED) is 0.369. The zero-order chi connectivity index (χ0) is 12.0. The van der Waals surface area contributed by atoms with Crippen molar-refractivity contribution in [2.24, 2.45) is 5.11 Å². The summed E-state index contributed by atoms with van der Waals surface area (Å²) >= 11 is 3.32. The molecule has 0 aromatic heterocycles. The van der Waals surface area contributed by atoms with Gasteiger partial charge in [0.25, 0.3) is 0 Å². The van der Waals surface area contributed by atoms with Crippen molar-refractivity contribution in [3.63, 3.8) is 0 Å². The van der Waals surface area contributed by atoms with Crippen LogP contribution in [0.15, 0.2) is 33.9 Å². The van der Waals surface area contributed by atoms with Crippen LogP contribution in [0.25, 0.3) is 16.5 Å². The van der Waals surface area contributed by atoms with Crippen LogP contribution >= 0.6 is 15.9 Å². The van der Waals surface area contributed by atoms with Gasteiger partial charge in [0.05, 0.1) is 11.6 Å². The fourth-order valence-corrected chi connectivity index (χ4v) is 1.59. The van der Waals surface area contributed by atoms with E-state index in [1.165, 1.54) is 6.08 Å². The van der Waals surface area contributed by atoms with Gasteiger partial charge in [-0.25, -0.2) is 0 Å². The monoisotopic (exact) mass is 281 g/mol. The number of halogens is 1. The summed E-state index contributed by atoms with van der Waals surface area (Å²) in [5.41, 5.74) is 8.83. The maximum absolute atomic E-state index is 10.9. The zero-order valence-corrected chi connectivity index (χ0v) is 10.0. The van der Waals surface area contributed by atoms with Crippen LogP contribution < -0.4 is 4.74 Å². The van der Waals surface area contributed by atoms with Crippen LogP contribution in [-0.2, 0) is 4.79 Å². The first-order chi connectivity index (χ1) is 7.67. The zero-order valence-electron chi connectivity index (χ0n) is 8.42. The second-order valence-corrected chi connectivity index (χ2v) is 3.61. The molecule has 0 atom stereocenters. The lowest BCUT2D eigenvalue weighted by molar-refractivity contribution is -0.113. The van der Waals surface area contributed by atoms with E-state index < -0.39 is 5.91 Å². The Labute approximate surface area is 100 Å². The van der Waals surface area contributed by atoms with E-state index in [0.717, 1.165) is 10.0 Å². The molecular weight excluding hydrogens is 274 g/mol. The van der Waals surface area contributed by atoms with Gasteiger partial charge in [-0.05, 0) is 50.3 Å². The number of azide groups is 1. The second kappa shape index (κ2) is 5.95. The van der Waals surface area contributed by atoms with Gasteiger partial charge >= 0.3 is 0 Å². The summed E-state index contributed by atoms with van der Waals surface area (Å²) in [6.07, 6.45) is 2.76. The van der Waals surface area contributed by atoms with Crippen molar-refractivity contribution in [2.75, 3.05) is 7.11 Å². The number of methoxy groups -OCH3 is 1. The molecule has 0 aliphatic rings. The Bertz CT molecular complexity index is 479. The molecule has 0 radical (unpaired) electrons. The van der Waals surface area contributed by atoms with Crippen LogP contribution in [0.1, 0.15) is 5.56 Å². The molecule has 0 bridgehead atoms. The van der Waals surface area contributed by atoms with Crippen molar-refractivity contribution in [3.05, 3.63) is 44.8 Å². The molecule has 1 aromatic rings. The van der Waals surface area contributed by atoms with Gasteiger partial charge in [0, 0.05) is 4.91 Å². The van der Waals surface area contributed by atoms with Gasteiger partial charge < -0.3 is 4.74 Å². The molecular formula is C10H8BrN3O2. The topological polar surface area (TPSA) is 75.1 Å². The first-order valence-corrected chi connectivity index (χ1v) is 5.07. The molecule has 82 valence electrons. The third-order valence-corrected chi connectivity index (χ3v) is 2.36. The molecule has 1 amide bonds. The maximum Gasteiger partial charge on any atom is 0.242 e. The number of rotatable bonds is 3. The molecule has 0 aliphatic heterocycles. The van der Waals surface area contributed by atoms with Crippen LogP contribution in [0.3, 0.4) is 0 Å². The molecule has 0 spiro atoms. The highest BCUT2D eigenvalue weighted by molar-refractivity contribution is 9.10. The molecule has 0 fully saturated rings. The standard InChI is InChI=1S/C10H8BrN3O2/c1-16-9-4-2-7(6-8(9)11)3-5-10(15)13-14-12/h2-6H,1H3/b5-3+. The number of benzene rings is 1. The van der Waals surface area contributed by atoms with E-state index in [1.807, 2.05) is 0 Å². The molecule has 1 aromatic carbocycles. The molecule has 0 aliphatic carbocycles. The van der Waals surface area contributed by atoms with Crippen LogP contribution in [0.5, 0.6) is 5.75 Å². The Morgan fingerprint density at radius 1 is 1.62 bits per heavy atom. The number of hydrogen-bond acceptors (Lipinski definition) is 2. The van der Waals surface area contributed by atoms with E-state index >= 15 is 0 Å². The molecule has 0 heterocycles. The molecule has 6 heteroatoms. The summed E-state index contributed by atoms with van der Waals surface area (Å²) in [7, 11) is 1.57. The second-order valence-electron chi connectivity index (χ2n) is 2.75. The summed E-state index contributed by atoms with van der Waals surface area (Å²) in [4.78, 5) is 13.3. The summed E-state index contributed by atoms with van der Waals surface area (Å²) in [6.45, 7) is 0. The molecule has 1 rings (SSSR count). The fourth-order valence-electron chi connectivity index (χ4n) is 1.03. The maximum atomic E-state index is 10.9. The number of amides is 1. The Morgan fingerprint density at radius 3 is 2.94 bits per heavy atom. The van der Waals surface area contributed by atoms with Crippen molar-refractivity contribution in [1.82, 2.24) is 0 Å². The molecule has 0 unspecified atom stereocenters. The van der Waals surface area contributed by atoms with Gasteiger partial charge in [-0.15, -0.1) is 0 Å². The third kappa shape index (κ3) is 3.42. The lowest BCUT2D eigenvalue weighted by atomic mass is 10.2. The van der Waals surface area contributed by atoms with E-state index in [1.54, 1.807) is 31.4 Å². The highest BCUT2D eigenvalue weighted by Gasteiger charge is 1.99. The molecule has 5 nitrogen and oxygen atoms in total. The SMILES string of the molecule is COc1ccc(/C=C/C(=O)N=[N+]=[N-])cc1Br. The van der Waals surface area contributed by atoms with E-state index in [2.05, 4.69) is 26.0 Å². The van der Waals surface area contributed by atoms with Gasteiger partial charge in [0.15, 0.2) is 0 Å². The Balaban J connectivity index is 2.86. The van der Waals surface area contributed by atoms with E-state index in [9.17, 15) is 4.79 Å². The fraction of sp³-hybridized carbons (Fsp3) is 0.100. The minimum Gasteiger partial charge on any atom is -0.496 e. The first-order valence-electron chi connectivity index (χ1n) is 4.28. The lowest BCUT2D eigenvalue weighted by Gasteiger charge is -2.02. The smallest absolute Gasteiger partial charge is 0.242 e. The van der Waals surface area contributed by atoms with Crippen molar-refractivity contribution >= 4 is 27.9 Å². The predicted octanol–water partition coefficient (Wildman–Crippen LogP) is 3.31. The summed E-state index contributed by atoms with van der Waals surface area (Å²) in [5.74, 6) is 0.0768. The number of carbonyl (C=O) groups excluding carboxylic acids is 1. The Morgan fingerprint density at radius 2 is 2.38 bits per heavy atom. The highest BCUT2D eigenvalue weighted by Crippen LogP contribution is 2.25. The van der Waals surface area contributed by atoms with E-state index in [-0.39, 0.29) is 0 Å². The summed E-state index contributed by atoms with van der Waals surface area (Å²) in [5, 5.41) is 2.91. The van der Waals surface area contributed by atoms with Crippen molar-refractivity contribution in [3.8, 4) is 5.75 Å². The molecule has 0 N–H and O–H groups in total. The van der Waals surface area contributed by atoms with Crippen molar-refractivity contribution < 1.29 is 9.53 Å². The highest BCUT2D eigenvalue weighted by atomic mass is 79.9. The van der Waals surface area contributed by atoms with Crippen LogP contribution in [0.4, 0.5) is 0 Å². The van der Waals surface area contributed by atoms with Crippen molar-refractivity contribution in [2.45, 2.75) is 0 Å². The average molecular weight is 282 g/mol. The van der Waals surface area contributed by atoms with Crippen molar-refractivity contribution in [1.29, 1.82) is 0 Å². The van der Waals surface area contributed by atoms with E-state index in [4.69, 9.17) is 10.3 Å². The number of hydrogen-bond donors (Lipinski definition) is 0. The lowest BCUT2D eigenvalue weighted by Crippen LogP contribution is -1.85. The largest absolute Gasteiger partial charge is 0.496 e. The predicted molar refractivity (Wildman–Crippen MR) is 63.9 cm³/mol. The minimum atomic E-state index is -0.630. The first kappa shape index (κ1) is 12.3. The van der Waals surface area contributed by atoms with Gasteiger partial charge in [-0.3, -0.25) is 4.79 Å². The average Bonchev–Trinajstić information content (AvgIpc) is 2.27. The Hall–Kier alpha value is -1.78. The normalized spacial score (nSPS) is 9.88.